The van der Waals surface area contributed by atoms with Gasteiger partial charge in [-0.05, 0) is 37.5 Å². The van der Waals surface area contributed by atoms with Gasteiger partial charge < -0.3 is 10.1 Å². The van der Waals surface area contributed by atoms with Crippen molar-refractivity contribution in [3.63, 3.8) is 0 Å². The largest absolute Gasteiger partial charge is 0.495 e. The number of nitrogens with one attached hydrogen (secondary N) is 1. The Morgan fingerprint density at radius 1 is 1.20 bits per heavy atom. The monoisotopic (exact) mass is 287 g/mol. The first-order valence-electron chi connectivity index (χ1n) is 6.89. The first-order valence-corrected chi connectivity index (χ1v) is 6.89. The molecule has 1 aliphatic rings. The topological polar surface area (TPSA) is 21.3 Å². The van der Waals surface area contributed by atoms with Gasteiger partial charge in [0.2, 0.25) is 0 Å². The molecular weight excluding hydrogens is 267 g/mol. The molecule has 20 heavy (non-hydrogen) atoms. The fraction of sp³-hybridized carbons (Fsp3) is 0.600. The Labute approximate surface area is 117 Å². The van der Waals surface area contributed by atoms with Gasteiger partial charge in [-0.15, -0.1) is 0 Å². The zero-order valence-corrected chi connectivity index (χ0v) is 11.8. The highest BCUT2D eigenvalue weighted by Crippen LogP contribution is 2.40. The molecule has 112 valence electrons. The third-order valence-corrected chi connectivity index (χ3v) is 3.88. The normalized spacial score (nSPS) is 23.4. The molecule has 2 atom stereocenters. The van der Waals surface area contributed by atoms with Crippen LogP contribution in [0.2, 0.25) is 0 Å². The van der Waals surface area contributed by atoms with E-state index in [2.05, 4.69) is 5.32 Å². The highest BCUT2D eigenvalue weighted by molar-refractivity contribution is 5.58. The maximum absolute atomic E-state index is 13.1. The van der Waals surface area contributed by atoms with Crippen molar-refractivity contribution in [2.24, 2.45) is 5.92 Å². The third kappa shape index (κ3) is 3.38. The molecule has 1 aromatic carbocycles. The zero-order chi connectivity index (χ0) is 14.8. The number of anilines is 1. The zero-order valence-electron chi connectivity index (χ0n) is 11.8. The lowest BCUT2D eigenvalue weighted by Gasteiger charge is -2.34. The highest BCUT2D eigenvalue weighted by Gasteiger charge is 2.45. The maximum atomic E-state index is 13.1. The van der Waals surface area contributed by atoms with Crippen LogP contribution in [0.15, 0.2) is 18.2 Å². The van der Waals surface area contributed by atoms with Gasteiger partial charge >= 0.3 is 6.18 Å². The lowest BCUT2D eigenvalue weighted by molar-refractivity contribution is -0.184. The molecule has 0 aromatic heterocycles. The molecule has 1 saturated carbocycles. The van der Waals surface area contributed by atoms with Crippen LogP contribution in [0.5, 0.6) is 5.75 Å². The number of hydrogen-bond donors (Lipinski definition) is 1. The van der Waals surface area contributed by atoms with Crippen LogP contribution >= 0.6 is 0 Å². The average molecular weight is 287 g/mol. The fourth-order valence-electron chi connectivity index (χ4n) is 2.83. The van der Waals surface area contributed by atoms with Crippen LogP contribution in [-0.2, 0) is 0 Å². The van der Waals surface area contributed by atoms with E-state index in [1.165, 1.54) is 7.11 Å². The van der Waals surface area contributed by atoms with E-state index in [0.717, 1.165) is 12.0 Å². The number of rotatable bonds is 3. The minimum absolute atomic E-state index is 0.204. The summed E-state index contributed by atoms with van der Waals surface area (Å²) in [6.07, 6.45) is -1.92. The first-order chi connectivity index (χ1) is 9.41. The van der Waals surface area contributed by atoms with E-state index in [9.17, 15) is 13.2 Å². The lowest BCUT2D eigenvalue weighted by atomic mass is 9.84. The molecule has 2 unspecified atom stereocenters. The van der Waals surface area contributed by atoms with Crippen molar-refractivity contribution in [3.05, 3.63) is 23.8 Å². The molecule has 0 saturated heterocycles. The minimum atomic E-state index is -4.14. The van der Waals surface area contributed by atoms with Crippen LogP contribution < -0.4 is 10.1 Å². The summed E-state index contributed by atoms with van der Waals surface area (Å²) >= 11 is 0. The number of hydrogen-bond acceptors (Lipinski definition) is 2. The number of aryl methyl sites for hydroxylation is 1. The molecule has 2 nitrogen and oxygen atoms in total. The number of alkyl halides is 3. The second-order valence-corrected chi connectivity index (χ2v) is 5.39. The van der Waals surface area contributed by atoms with Gasteiger partial charge in [0.1, 0.15) is 5.75 Å². The maximum Gasteiger partial charge on any atom is 0.393 e. The Balaban J connectivity index is 2.20. The predicted molar refractivity (Wildman–Crippen MR) is 73.2 cm³/mol. The van der Waals surface area contributed by atoms with Gasteiger partial charge in [-0.3, -0.25) is 0 Å². The van der Waals surface area contributed by atoms with Crippen molar-refractivity contribution in [2.45, 2.75) is 44.8 Å². The second-order valence-electron chi connectivity index (χ2n) is 5.39. The van der Waals surface area contributed by atoms with E-state index < -0.39 is 18.1 Å². The summed E-state index contributed by atoms with van der Waals surface area (Å²) in [6, 6.07) is 4.93. The Hall–Kier alpha value is -1.39. The Kier molecular flexibility index (Phi) is 4.45. The molecule has 0 radical (unpaired) electrons. The minimum Gasteiger partial charge on any atom is -0.495 e. The molecule has 1 N–H and O–H groups in total. The molecule has 1 aliphatic carbocycles. The van der Waals surface area contributed by atoms with Gasteiger partial charge in [0.05, 0.1) is 18.7 Å². The van der Waals surface area contributed by atoms with Crippen molar-refractivity contribution >= 4 is 5.69 Å². The van der Waals surface area contributed by atoms with Gasteiger partial charge in [0.25, 0.3) is 0 Å². The van der Waals surface area contributed by atoms with Crippen LogP contribution in [0.4, 0.5) is 18.9 Å². The number of methoxy groups -OCH3 is 1. The molecule has 1 aromatic rings. The summed E-state index contributed by atoms with van der Waals surface area (Å²) in [5.74, 6) is -0.691. The van der Waals surface area contributed by atoms with Crippen molar-refractivity contribution in [1.29, 1.82) is 0 Å². The van der Waals surface area contributed by atoms with E-state index in [0.29, 0.717) is 24.3 Å². The predicted octanol–water partition coefficient (Wildman–Crippen LogP) is 4.54. The fourth-order valence-corrected chi connectivity index (χ4v) is 2.83. The van der Waals surface area contributed by atoms with Crippen LogP contribution in [-0.4, -0.2) is 19.3 Å². The summed E-state index contributed by atoms with van der Waals surface area (Å²) in [7, 11) is 1.53. The smallest absolute Gasteiger partial charge is 0.393 e. The second kappa shape index (κ2) is 5.94. The Bertz CT molecular complexity index is 459. The lowest BCUT2D eigenvalue weighted by Crippen LogP contribution is -2.41. The molecule has 0 bridgehead atoms. The van der Waals surface area contributed by atoms with Gasteiger partial charge in [0, 0.05) is 6.04 Å². The quantitative estimate of drug-likeness (QED) is 0.881. The summed E-state index contributed by atoms with van der Waals surface area (Å²) in [5.41, 5.74) is 1.64. The van der Waals surface area contributed by atoms with Gasteiger partial charge in [-0.1, -0.05) is 18.9 Å². The van der Waals surface area contributed by atoms with E-state index in [-0.39, 0.29) is 6.42 Å². The van der Waals surface area contributed by atoms with Crippen LogP contribution in [0.3, 0.4) is 0 Å². The van der Waals surface area contributed by atoms with Crippen LogP contribution in [0, 0.1) is 12.8 Å². The average Bonchev–Trinajstić information content (AvgIpc) is 2.38. The van der Waals surface area contributed by atoms with Crippen molar-refractivity contribution < 1.29 is 17.9 Å². The summed E-state index contributed by atoms with van der Waals surface area (Å²) < 4.78 is 44.5. The number of halogens is 3. The first kappa shape index (κ1) is 15.0. The van der Waals surface area contributed by atoms with Gasteiger partial charge in [-0.2, -0.15) is 13.2 Å². The number of ether oxygens (including phenoxy) is 1. The van der Waals surface area contributed by atoms with Crippen molar-refractivity contribution in [2.75, 3.05) is 12.4 Å². The van der Waals surface area contributed by atoms with E-state index >= 15 is 0 Å². The summed E-state index contributed by atoms with van der Waals surface area (Å²) in [5, 5.41) is 3.05. The van der Waals surface area contributed by atoms with E-state index in [1.54, 1.807) is 6.07 Å². The molecule has 0 spiro atoms. The molecule has 0 amide bonds. The highest BCUT2D eigenvalue weighted by atomic mass is 19.4. The standard InChI is InChI=1S/C15H20F3NO/c1-10-7-8-14(20-2)13(9-10)19-12-6-4-3-5-11(12)15(16,17)18/h7-9,11-12,19H,3-6H2,1-2H3. The van der Waals surface area contributed by atoms with Crippen LogP contribution in [0.1, 0.15) is 31.2 Å². The molecule has 5 heteroatoms. The number of benzene rings is 1. The molecule has 1 fully saturated rings. The third-order valence-electron chi connectivity index (χ3n) is 3.88. The SMILES string of the molecule is COc1ccc(C)cc1NC1CCCCC1C(F)(F)F. The molecule has 2 rings (SSSR count). The van der Waals surface area contributed by atoms with Crippen molar-refractivity contribution in [3.8, 4) is 5.75 Å². The van der Waals surface area contributed by atoms with Gasteiger partial charge in [0.15, 0.2) is 0 Å². The van der Waals surface area contributed by atoms with E-state index in [4.69, 9.17) is 4.74 Å². The molecular formula is C15H20F3NO. The van der Waals surface area contributed by atoms with Crippen LogP contribution in [0.25, 0.3) is 0 Å². The van der Waals surface area contributed by atoms with Crippen molar-refractivity contribution in [1.82, 2.24) is 0 Å². The summed E-state index contributed by atoms with van der Waals surface area (Å²) in [6.45, 7) is 1.91. The Morgan fingerprint density at radius 2 is 1.90 bits per heavy atom. The summed E-state index contributed by atoms with van der Waals surface area (Å²) in [4.78, 5) is 0. The molecule has 0 heterocycles. The Morgan fingerprint density at radius 3 is 2.55 bits per heavy atom. The van der Waals surface area contributed by atoms with Gasteiger partial charge in [-0.25, -0.2) is 0 Å². The molecule has 0 aliphatic heterocycles. The van der Waals surface area contributed by atoms with E-state index in [1.807, 2.05) is 19.1 Å².